The van der Waals surface area contributed by atoms with Crippen molar-refractivity contribution in [1.29, 1.82) is 0 Å². The second-order valence-corrected chi connectivity index (χ2v) is 40.7. The summed E-state index contributed by atoms with van der Waals surface area (Å²) in [7, 11) is -1.64. The fraction of sp³-hybridized carbons (Fsp3) is 0.544. The van der Waals surface area contributed by atoms with Crippen LogP contribution in [0.1, 0.15) is 252 Å². The number of nitrogens with zero attached hydrogens (tertiary/aromatic N) is 3. The van der Waals surface area contributed by atoms with Crippen molar-refractivity contribution in [3.8, 4) is 0 Å². The van der Waals surface area contributed by atoms with Gasteiger partial charge in [-0.2, -0.15) is 0 Å². The van der Waals surface area contributed by atoms with Gasteiger partial charge in [-0.05, 0) is 236 Å². The molecule has 0 aromatic heterocycles. The summed E-state index contributed by atoms with van der Waals surface area (Å²) < 4.78 is 0. The number of rotatable bonds is 4. The minimum absolute atomic E-state index is 0.00680. The molecule has 1 fully saturated rings. The third-order valence-corrected chi connectivity index (χ3v) is 27.5. The molecule has 0 bridgehead atoms. The molecule has 0 spiro atoms. The molecule has 84 heavy (non-hydrogen) atoms. The zero-order chi connectivity index (χ0) is 60.0. The highest BCUT2D eigenvalue weighted by atomic mass is 28.3. The molecule has 3 aliphatic heterocycles. The van der Waals surface area contributed by atoms with Crippen LogP contribution < -0.4 is 36.3 Å². The lowest BCUT2D eigenvalue weighted by Gasteiger charge is -2.52. The highest BCUT2D eigenvalue weighted by Gasteiger charge is 2.59. The first kappa shape index (κ1) is 56.8. The molecule has 2 atom stereocenters. The van der Waals surface area contributed by atoms with Gasteiger partial charge in [-0.25, -0.2) is 0 Å². The maximum Gasteiger partial charge on any atom is 0.252 e. The topological polar surface area (TPSA) is 9.72 Å². The Labute approximate surface area is 510 Å². The molecule has 0 radical (unpaired) electrons. The summed E-state index contributed by atoms with van der Waals surface area (Å²) in [5, 5.41) is 1.58. The Kier molecular flexibility index (Phi) is 11.8. The van der Waals surface area contributed by atoms with Crippen molar-refractivity contribution in [2.24, 2.45) is 0 Å². The van der Waals surface area contributed by atoms with Gasteiger partial charge in [0, 0.05) is 50.9 Å². The van der Waals surface area contributed by atoms with E-state index in [1.807, 2.05) is 0 Å². The SMILES string of the molecule is CC1(C)CCC(C)(C)c2cc(N3c4cc5c(cc4B4c6cc7c(cc6N(c6ccc8c(c6)C(C)(C)CCC8(C)C)c6cc(N8c9ccc([Si](C)(C)C)cc9C9(C)CCCCC89C)cc3c64)C(C)(C)CCC7(C)C)C(C)(C)CCC5(C)C)ccc21. The van der Waals surface area contributed by atoms with E-state index in [4.69, 9.17) is 0 Å². The second kappa shape index (κ2) is 17.4. The molecule has 0 N–H and O–H groups in total. The van der Waals surface area contributed by atoms with Crippen LogP contribution in [-0.4, -0.2) is 20.3 Å². The van der Waals surface area contributed by atoms with Crippen LogP contribution in [0.25, 0.3) is 0 Å². The quantitative estimate of drug-likeness (QED) is 0.163. The molecule has 6 aromatic carbocycles. The molecular formula is C79H102BN3Si. The molecule has 2 unspecified atom stereocenters. The number of benzene rings is 6. The average molecular weight is 1130 g/mol. The Balaban J connectivity index is 1.16. The summed E-state index contributed by atoms with van der Waals surface area (Å²) in [6.45, 7) is 53.4. The largest absolute Gasteiger partial charge is 0.334 e. The normalized spacial score (nSPS) is 26.1. The van der Waals surface area contributed by atoms with Crippen molar-refractivity contribution >= 4 is 81.9 Å². The van der Waals surface area contributed by atoms with E-state index in [-0.39, 0.29) is 61.0 Å². The van der Waals surface area contributed by atoms with Crippen LogP contribution in [0.2, 0.25) is 19.6 Å². The van der Waals surface area contributed by atoms with Crippen LogP contribution in [0.15, 0.2) is 91.0 Å². The summed E-state index contributed by atoms with van der Waals surface area (Å²) in [5.74, 6) is 0. The second-order valence-electron chi connectivity index (χ2n) is 35.6. The average Bonchev–Trinajstić information content (AvgIpc) is 1.22. The van der Waals surface area contributed by atoms with E-state index in [2.05, 4.69) is 250 Å². The van der Waals surface area contributed by atoms with Crippen molar-refractivity contribution in [3.05, 3.63) is 141 Å². The maximum atomic E-state index is 2.93. The fourth-order valence-electron chi connectivity index (χ4n) is 18.8. The number of hydrogen-bond acceptors (Lipinski definition) is 3. The van der Waals surface area contributed by atoms with Gasteiger partial charge in [0.05, 0.1) is 13.6 Å². The number of hydrogen-bond donors (Lipinski definition) is 0. The fourth-order valence-corrected chi connectivity index (χ4v) is 20.0. The standard InChI is InChI=1S/C79H102BN3Si/c1-70(2)32-34-72(5,6)55-40-49(24-27-53(55)70)81-65-47-59-57(74(9,10)36-38-76(59,13)14)45-62(65)80-63-46-58-60(77(15,16)39-37-75(58,11)12)48-66(63)82(50-25-28-54-56(41-50)73(7,8)35-33-71(54,3)4)68-43-51(42-67(81)69(68)80)83-64-29-26-52(84(19,20)21)44-61(64)78(17)30-22-23-31-79(78,83)18/h24-29,40-48H,22-23,30-39H2,1-21H3. The Hall–Kier alpha value is -5.00. The number of fused-ring (bicyclic) bond motifs is 11. The van der Waals surface area contributed by atoms with E-state index in [9.17, 15) is 0 Å². The smallest absolute Gasteiger partial charge is 0.252 e. The van der Waals surface area contributed by atoms with Gasteiger partial charge >= 0.3 is 0 Å². The van der Waals surface area contributed by atoms with E-state index in [0.717, 1.165) is 6.42 Å². The Morgan fingerprint density at radius 2 is 0.690 bits per heavy atom. The molecule has 440 valence electrons. The van der Waals surface area contributed by atoms with E-state index in [1.54, 1.807) is 21.9 Å². The van der Waals surface area contributed by atoms with Crippen LogP contribution in [0, 0.1) is 0 Å². The Morgan fingerprint density at radius 3 is 1.10 bits per heavy atom. The molecule has 14 rings (SSSR count). The number of anilines is 8. The lowest BCUT2D eigenvalue weighted by Crippen LogP contribution is -2.62. The van der Waals surface area contributed by atoms with Gasteiger partial charge in [-0.3, -0.25) is 0 Å². The molecule has 5 heteroatoms. The third kappa shape index (κ3) is 7.85. The van der Waals surface area contributed by atoms with Crippen molar-refractivity contribution in [2.75, 3.05) is 14.7 Å². The van der Waals surface area contributed by atoms with Gasteiger partial charge < -0.3 is 14.7 Å². The van der Waals surface area contributed by atoms with Gasteiger partial charge in [0.1, 0.15) is 0 Å². The molecule has 3 nitrogen and oxygen atoms in total. The Morgan fingerprint density at radius 1 is 0.321 bits per heavy atom. The minimum atomic E-state index is -1.64. The van der Waals surface area contributed by atoms with Crippen molar-refractivity contribution in [1.82, 2.24) is 0 Å². The summed E-state index contributed by atoms with van der Waals surface area (Å²) in [6.07, 6.45) is 14.4. The summed E-state index contributed by atoms with van der Waals surface area (Å²) in [6, 6.07) is 40.0. The van der Waals surface area contributed by atoms with E-state index in [1.165, 1.54) is 166 Å². The molecule has 0 amide bonds. The first-order chi connectivity index (χ1) is 38.9. The van der Waals surface area contributed by atoms with Gasteiger partial charge in [-0.15, -0.1) is 0 Å². The third-order valence-electron chi connectivity index (χ3n) is 25.4. The Bertz CT molecular complexity index is 3620. The molecule has 6 aromatic rings. The molecule has 1 saturated carbocycles. The summed E-state index contributed by atoms with van der Waals surface area (Å²) in [5.41, 5.74) is 29.3. The molecule has 5 aliphatic carbocycles. The zero-order valence-electron chi connectivity index (χ0n) is 56.1. The van der Waals surface area contributed by atoms with Crippen LogP contribution >= 0.6 is 0 Å². The van der Waals surface area contributed by atoms with Crippen LogP contribution in [-0.2, 0) is 48.7 Å². The maximum absolute atomic E-state index is 2.93. The van der Waals surface area contributed by atoms with Crippen LogP contribution in [0.5, 0.6) is 0 Å². The molecule has 3 heterocycles. The zero-order valence-corrected chi connectivity index (χ0v) is 57.1. The predicted octanol–water partition coefficient (Wildman–Crippen LogP) is 19.5. The van der Waals surface area contributed by atoms with Crippen LogP contribution in [0.4, 0.5) is 45.5 Å². The minimum Gasteiger partial charge on any atom is -0.334 e. The summed E-state index contributed by atoms with van der Waals surface area (Å²) >= 11 is 0. The molecular weight excluding hydrogens is 1030 g/mol. The van der Waals surface area contributed by atoms with Gasteiger partial charge in [-0.1, -0.05) is 192 Å². The summed E-state index contributed by atoms with van der Waals surface area (Å²) in [4.78, 5) is 8.60. The monoisotopic (exact) mass is 1130 g/mol. The van der Waals surface area contributed by atoms with E-state index in [0.29, 0.717) is 0 Å². The lowest BCUT2D eigenvalue weighted by atomic mass is 9.32. The van der Waals surface area contributed by atoms with Gasteiger partial charge in [0.25, 0.3) is 6.71 Å². The van der Waals surface area contributed by atoms with E-state index < -0.39 is 8.07 Å². The van der Waals surface area contributed by atoms with E-state index >= 15 is 0 Å². The first-order valence-electron chi connectivity index (χ1n) is 33.3. The van der Waals surface area contributed by atoms with Gasteiger partial charge in [0.2, 0.25) is 0 Å². The molecule has 8 aliphatic rings. The first-order valence-corrected chi connectivity index (χ1v) is 36.8. The van der Waals surface area contributed by atoms with Crippen molar-refractivity contribution < 1.29 is 0 Å². The lowest BCUT2D eigenvalue weighted by molar-refractivity contribution is 0.195. The van der Waals surface area contributed by atoms with Crippen molar-refractivity contribution in [3.63, 3.8) is 0 Å². The highest BCUT2D eigenvalue weighted by Crippen LogP contribution is 2.63. The van der Waals surface area contributed by atoms with Crippen LogP contribution in [0.3, 0.4) is 0 Å². The molecule has 0 saturated heterocycles. The predicted molar refractivity (Wildman–Crippen MR) is 367 cm³/mol. The highest BCUT2D eigenvalue weighted by molar-refractivity contribution is 7.00. The van der Waals surface area contributed by atoms with Crippen molar-refractivity contribution in [2.45, 2.75) is 276 Å². The van der Waals surface area contributed by atoms with Gasteiger partial charge in [0.15, 0.2) is 0 Å².